The molecule has 4 aromatic rings. The third kappa shape index (κ3) is 2.88. The van der Waals surface area contributed by atoms with Gasteiger partial charge >= 0.3 is 6.18 Å². The van der Waals surface area contributed by atoms with Crippen LogP contribution in [-0.4, -0.2) is 31.8 Å². The first-order valence-corrected chi connectivity index (χ1v) is 8.08. The maximum atomic E-state index is 13.1. The molecule has 0 unspecified atom stereocenters. The van der Waals surface area contributed by atoms with Crippen LogP contribution in [0.5, 0.6) is 0 Å². The molecule has 0 aliphatic rings. The number of primary amides is 1. The van der Waals surface area contributed by atoms with Crippen LogP contribution < -0.4 is 11.3 Å². The molecule has 28 heavy (non-hydrogen) atoms. The van der Waals surface area contributed by atoms with E-state index in [2.05, 4.69) is 15.2 Å². The first-order chi connectivity index (χ1) is 13.3. The lowest BCUT2D eigenvalue weighted by Gasteiger charge is -2.15. The molecule has 0 fully saturated rings. The summed E-state index contributed by atoms with van der Waals surface area (Å²) in [7, 11) is 0. The standard InChI is InChI=1S/C18H12F3N5O2/c19-18(20,21)8-26-13-6-9(10-2-1-5-23-15(10)16(22)27)3-4-11(13)14-12(17(26)28)7-24-25-14/h1-7H,8H2,(H2,22,27)(H,24,25). The zero-order chi connectivity index (χ0) is 20.1. The fourth-order valence-electron chi connectivity index (χ4n) is 3.21. The molecule has 1 aromatic carbocycles. The first kappa shape index (κ1) is 17.7. The van der Waals surface area contributed by atoms with Crippen LogP contribution in [0.15, 0.2) is 47.5 Å². The van der Waals surface area contributed by atoms with Gasteiger partial charge in [-0.3, -0.25) is 24.2 Å². The Bertz CT molecular complexity index is 1290. The molecule has 0 saturated carbocycles. The molecule has 3 heterocycles. The lowest BCUT2D eigenvalue weighted by atomic mass is 10.0. The molecule has 3 N–H and O–H groups in total. The monoisotopic (exact) mass is 387 g/mol. The highest BCUT2D eigenvalue weighted by molar-refractivity contribution is 6.05. The summed E-state index contributed by atoms with van der Waals surface area (Å²) in [5.41, 5.74) is 5.66. The van der Waals surface area contributed by atoms with Crippen molar-refractivity contribution in [2.45, 2.75) is 12.7 Å². The number of aromatic amines is 1. The predicted molar refractivity (Wildman–Crippen MR) is 95.7 cm³/mol. The minimum absolute atomic E-state index is 0.0193. The molecule has 0 bridgehead atoms. The van der Waals surface area contributed by atoms with Crippen LogP contribution >= 0.6 is 0 Å². The lowest BCUT2D eigenvalue weighted by molar-refractivity contribution is -0.140. The van der Waals surface area contributed by atoms with E-state index in [0.29, 0.717) is 26.6 Å². The van der Waals surface area contributed by atoms with Crippen molar-refractivity contribution in [3.05, 3.63) is 58.8 Å². The summed E-state index contributed by atoms with van der Waals surface area (Å²) in [4.78, 5) is 28.2. The number of nitrogens with one attached hydrogen (secondary N) is 1. The van der Waals surface area contributed by atoms with Gasteiger partial charge < -0.3 is 5.73 Å². The summed E-state index contributed by atoms with van der Waals surface area (Å²) in [6.07, 6.45) is -2.01. The molecule has 0 saturated heterocycles. The molecule has 0 radical (unpaired) electrons. The van der Waals surface area contributed by atoms with Crippen LogP contribution in [0.4, 0.5) is 13.2 Å². The van der Waals surface area contributed by atoms with E-state index in [1.807, 2.05) is 0 Å². The average molecular weight is 387 g/mol. The number of carbonyl (C=O) groups is 1. The summed E-state index contributed by atoms with van der Waals surface area (Å²) in [6.45, 7) is -1.46. The Morgan fingerprint density at radius 3 is 2.71 bits per heavy atom. The number of amides is 1. The van der Waals surface area contributed by atoms with Crippen molar-refractivity contribution in [2.24, 2.45) is 5.73 Å². The summed E-state index contributed by atoms with van der Waals surface area (Å²) in [6, 6.07) is 7.75. The van der Waals surface area contributed by atoms with Crippen molar-refractivity contribution in [1.82, 2.24) is 19.7 Å². The van der Waals surface area contributed by atoms with Crippen LogP contribution in [-0.2, 0) is 6.54 Å². The number of fused-ring (bicyclic) bond motifs is 3. The van der Waals surface area contributed by atoms with Gasteiger partial charge in [0.05, 0.1) is 22.6 Å². The van der Waals surface area contributed by atoms with Gasteiger partial charge in [-0.15, -0.1) is 0 Å². The molecule has 10 heteroatoms. The van der Waals surface area contributed by atoms with Crippen molar-refractivity contribution < 1.29 is 18.0 Å². The second-order valence-corrected chi connectivity index (χ2v) is 6.16. The van der Waals surface area contributed by atoms with E-state index in [4.69, 9.17) is 5.73 Å². The summed E-state index contributed by atoms with van der Waals surface area (Å²) in [5.74, 6) is -0.771. The second kappa shape index (κ2) is 6.19. The van der Waals surface area contributed by atoms with E-state index < -0.39 is 24.2 Å². The Hall–Kier alpha value is -3.69. The molecular weight excluding hydrogens is 375 g/mol. The Balaban J connectivity index is 2.07. The quantitative estimate of drug-likeness (QED) is 0.563. The number of pyridine rings is 2. The number of halogens is 3. The largest absolute Gasteiger partial charge is 0.406 e. The number of hydrogen-bond acceptors (Lipinski definition) is 4. The van der Waals surface area contributed by atoms with Crippen molar-refractivity contribution in [3.8, 4) is 11.1 Å². The molecule has 0 aliphatic heterocycles. The maximum Gasteiger partial charge on any atom is 0.406 e. The maximum absolute atomic E-state index is 13.1. The Labute approximate surface area is 154 Å². The molecular formula is C18H12F3N5O2. The smallest absolute Gasteiger partial charge is 0.364 e. The zero-order valence-electron chi connectivity index (χ0n) is 14.1. The van der Waals surface area contributed by atoms with E-state index in [0.717, 1.165) is 0 Å². The molecule has 3 aromatic heterocycles. The average Bonchev–Trinajstić information content (AvgIpc) is 3.14. The number of alkyl halides is 3. The highest BCUT2D eigenvalue weighted by Gasteiger charge is 2.30. The molecule has 0 atom stereocenters. The van der Waals surface area contributed by atoms with Gasteiger partial charge in [-0.2, -0.15) is 18.3 Å². The van der Waals surface area contributed by atoms with Crippen LogP contribution in [0.1, 0.15) is 10.5 Å². The van der Waals surface area contributed by atoms with E-state index in [1.165, 1.54) is 18.5 Å². The van der Waals surface area contributed by atoms with E-state index in [9.17, 15) is 22.8 Å². The van der Waals surface area contributed by atoms with Crippen molar-refractivity contribution in [3.63, 3.8) is 0 Å². The fraction of sp³-hybridized carbons (Fsp3) is 0.111. The molecule has 142 valence electrons. The highest BCUT2D eigenvalue weighted by Crippen LogP contribution is 2.30. The number of carbonyl (C=O) groups excluding carboxylic acids is 1. The predicted octanol–water partition coefficient (Wildman–Crippen LogP) is 2.60. The summed E-state index contributed by atoms with van der Waals surface area (Å²) in [5, 5.41) is 6.88. The summed E-state index contributed by atoms with van der Waals surface area (Å²) < 4.78 is 40.0. The third-order valence-electron chi connectivity index (χ3n) is 4.36. The zero-order valence-corrected chi connectivity index (χ0v) is 14.1. The number of hydrogen-bond donors (Lipinski definition) is 2. The van der Waals surface area contributed by atoms with Crippen LogP contribution in [0.2, 0.25) is 0 Å². The molecule has 4 rings (SSSR count). The van der Waals surface area contributed by atoms with Crippen LogP contribution in [0.3, 0.4) is 0 Å². The Morgan fingerprint density at radius 1 is 1.21 bits per heavy atom. The van der Waals surface area contributed by atoms with Gasteiger partial charge in [0, 0.05) is 17.1 Å². The number of rotatable bonds is 3. The molecule has 0 spiro atoms. The second-order valence-electron chi connectivity index (χ2n) is 6.16. The SMILES string of the molecule is NC(=O)c1ncccc1-c1ccc2c3[nH]ncc3c(=O)n(CC(F)(F)F)c2c1. The van der Waals surface area contributed by atoms with Gasteiger partial charge in [0.2, 0.25) is 0 Å². The van der Waals surface area contributed by atoms with Crippen molar-refractivity contribution in [1.29, 1.82) is 0 Å². The van der Waals surface area contributed by atoms with Gasteiger partial charge in [-0.25, -0.2) is 0 Å². The topological polar surface area (TPSA) is 107 Å². The van der Waals surface area contributed by atoms with Crippen LogP contribution in [0.25, 0.3) is 32.9 Å². The normalized spacial score (nSPS) is 12.0. The fourth-order valence-corrected chi connectivity index (χ4v) is 3.21. The van der Waals surface area contributed by atoms with E-state index in [-0.39, 0.29) is 16.6 Å². The number of nitrogens with zero attached hydrogens (tertiary/aromatic N) is 3. The van der Waals surface area contributed by atoms with Crippen molar-refractivity contribution in [2.75, 3.05) is 0 Å². The Morgan fingerprint density at radius 2 is 2.00 bits per heavy atom. The van der Waals surface area contributed by atoms with Crippen molar-refractivity contribution >= 4 is 27.7 Å². The van der Waals surface area contributed by atoms with Gasteiger partial charge in [-0.05, 0) is 17.7 Å². The number of aromatic nitrogens is 4. The number of nitrogens with two attached hydrogens (primary N) is 1. The van der Waals surface area contributed by atoms with E-state index >= 15 is 0 Å². The molecule has 0 aliphatic carbocycles. The summed E-state index contributed by atoms with van der Waals surface area (Å²) >= 11 is 0. The van der Waals surface area contributed by atoms with E-state index in [1.54, 1.807) is 24.3 Å². The lowest BCUT2D eigenvalue weighted by Crippen LogP contribution is -2.28. The van der Waals surface area contributed by atoms with Gasteiger partial charge in [-0.1, -0.05) is 18.2 Å². The minimum Gasteiger partial charge on any atom is -0.364 e. The van der Waals surface area contributed by atoms with Gasteiger partial charge in [0.15, 0.2) is 0 Å². The molecule has 7 nitrogen and oxygen atoms in total. The molecule has 1 amide bonds. The van der Waals surface area contributed by atoms with Crippen LogP contribution in [0, 0.1) is 0 Å². The third-order valence-corrected chi connectivity index (χ3v) is 4.36. The first-order valence-electron chi connectivity index (χ1n) is 8.08. The number of H-pyrrole nitrogens is 1. The highest BCUT2D eigenvalue weighted by atomic mass is 19.4. The van der Waals surface area contributed by atoms with Gasteiger partial charge in [0.25, 0.3) is 11.5 Å². The van der Waals surface area contributed by atoms with Gasteiger partial charge in [0.1, 0.15) is 12.2 Å². The Kier molecular flexibility index (Phi) is 3.91. The number of benzene rings is 1. The minimum atomic E-state index is -4.60.